The van der Waals surface area contributed by atoms with Crippen molar-refractivity contribution in [3.8, 4) is 5.75 Å². The summed E-state index contributed by atoms with van der Waals surface area (Å²) in [4.78, 5) is 10.8. The Kier molecular flexibility index (Phi) is 4.19. The molecule has 0 heterocycles. The average Bonchev–Trinajstić information content (AvgIpc) is 2.14. The first kappa shape index (κ1) is 12.8. The van der Waals surface area contributed by atoms with Gasteiger partial charge in [0.25, 0.3) is 0 Å². The molecule has 0 aliphatic rings. The topological polar surface area (TPSA) is 57.5 Å². The van der Waals surface area contributed by atoms with E-state index >= 15 is 0 Å². The Morgan fingerprint density at radius 1 is 1.44 bits per heavy atom. The van der Waals surface area contributed by atoms with Crippen LogP contribution in [0.1, 0.15) is 31.7 Å². The number of halogens is 1. The van der Waals surface area contributed by atoms with Gasteiger partial charge in [-0.05, 0) is 29.5 Å². The zero-order valence-corrected chi connectivity index (χ0v) is 10.0. The van der Waals surface area contributed by atoms with Crippen LogP contribution in [0.25, 0.3) is 0 Å². The third-order valence-electron chi connectivity index (χ3n) is 2.58. The molecule has 1 atom stereocenters. The molecular weight excluding hydrogens is 228 g/mol. The predicted molar refractivity (Wildman–Crippen MR) is 62.9 cm³/mol. The number of benzene rings is 1. The van der Waals surface area contributed by atoms with Crippen LogP contribution >= 0.6 is 11.6 Å². The molecule has 0 saturated heterocycles. The molecule has 0 spiro atoms. The fourth-order valence-corrected chi connectivity index (χ4v) is 2.02. The van der Waals surface area contributed by atoms with Crippen molar-refractivity contribution in [3.63, 3.8) is 0 Å². The van der Waals surface area contributed by atoms with Gasteiger partial charge in [-0.1, -0.05) is 31.5 Å². The highest BCUT2D eigenvalue weighted by molar-refractivity contribution is 6.31. The molecule has 1 aromatic rings. The standard InChI is InChI=1S/C12H15ClO3/c1-7(2)10(6-12(15)16)9-4-3-8(14)5-11(9)13/h3-5,7,10,14H,6H2,1-2H3,(H,15,16). The average molecular weight is 243 g/mol. The van der Waals surface area contributed by atoms with Gasteiger partial charge in [-0.25, -0.2) is 0 Å². The summed E-state index contributed by atoms with van der Waals surface area (Å²) in [5, 5.41) is 18.5. The highest BCUT2D eigenvalue weighted by Crippen LogP contribution is 2.34. The summed E-state index contributed by atoms with van der Waals surface area (Å²) >= 11 is 6.00. The first-order valence-corrected chi connectivity index (χ1v) is 5.49. The Morgan fingerprint density at radius 2 is 2.06 bits per heavy atom. The molecule has 1 aromatic carbocycles. The summed E-state index contributed by atoms with van der Waals surface area (Å²) in [7, 11) is 0. The van der Waals surface area contributed by atoms with E-state index in [-0.39, 0.29) is 24.0 Å². The second-order valence-corrected chi connectivity index (χ2v) is 4.56. The summed E-state index contributed by atoms with van der Waals surface area (Å²) in [6.07, 6.45) is 0.0438. The van der Waals surface area contributed by atoms with E-state index in [9.17, 15) is 9.90 Å². The van der Waals surface area contributed by atoms with Crippen LogP contribution in [-0.2, 0) is 4.79 Å². The van der Waals surface area contributed by atoms with Gasteiger partial charge in [0.2, 0.25) is 0 Å². The van der Waals surface area contributed by atoms with Gasteiger partial charge in [0.05, 0.1) is 6.42 Å². The number of carbonyl (C=O) groups is 1. The minimum Gasteiger partial charge on any atom is -0.508 e. The van der Waals surface area contributed by atoms with E-state index in [0.29, 0.717) is 5.02 Å². The number of aliphatic carboxylic acids is 1. The zero-order chi connectivity index (χ0) is 12.3. The maximum absolute atomic E-state index is 10.8. The van der Waals surface area contributed by atoms with Crippen molar-refractivity contribution in [1.82, 2.24) is 0 Å². The maximum Gasteiger partial charge on any atom is 0.303 e. The molecule has 0 saturated carbocycles. The molecule has 88 valence electrons. The molecule has 16 heavy (non-hydrogen) atoms. The van der Waals surface area contributed by atoms with Crippen molar-refractivity contribution in [1.29, 1.82) is 0 Å². The zero-order valence-electron chi connectivity index (χ0n) is 9.27. The lowest BCUT2D eigenvalue weighted by Gasteiger charge is -2.20. The second-order valence-electron chi connectivity index (χ2n) is 4.15. The van der Waals surface area contributed by atoms with Gasteiger partial charge in [0.15, 0.2) is 0 Å². The molecule has 1 rings (SSSR count). The van der Waals surface area contributed by atoms with Gasteiger partial charge < -0.3 is 10.2 Å². The lowest BCUT2D eigenvalue weighted by atomic mass is 9.86. The van der Waals surface area contributed by atoms with E-state index in [1.54, 1.807) is 6.07 Å². The van der Waals surface area contributed by atoms with Gasteiger partial charge in [0, 0.05) is 5.02 Å². The fraction of sp³-hybridized carbons (Fsp3) is 0.417. The molecule has 0 amide bonds. The molecule has 0 aliphatic heterocycles. The highest BCUT2D eigenvalue weighted by Gasteiger charge is 2.21. The number of carboxylic acid groups (broad SMARTS) is 1. The minimum absolute atomic E-state index is 0.0438. The van der Waals surface area contributed by atoms with Crippen molar-refractivity contribution in [2.45, 2.75) is 26.2 Å². The quantitative estimate of drug-likeness (QED) is 0.852. The van der Waals surface area contributed by atoms with Gasteiger partial charge >= 0.3 is 5.97 Å². The van der Waals surface area contributed by atoms with Crippen LogP contribution in [0.15, 0.2) is 18.2 Å². The molecule has 0 aromatic heterocycles. The number of carboxylic acids is 1. The summed E-state index contributed by atoms with van der Waals surface area (Å²) in [6, 6.07) is 4.65. The van der Waals surface area contributed by atoms with Crippen molar-refractivity contribution in [2.75, 3.05) is 0 Å². The Balaban J connectivity index is 3.05. The van der Waals surface area contributed by atoms with Crippen molar-refractivity contribution in [3.05, 3.63) is 28.8 Å². The van der Waals surface area contributed by atoms with Crippen LogP contribution < -0.4 is 0 Å². The summed E-state index contributed by atoms with van der Waals surface area (Å²) < 4.78 is 0. The number of phenols is 1. The van der Waals surface area contributed by atoms with E-state index in [1.165, 1.54) is 12.1 Å². The van der Waals surface area contributed by atoms with Crippen LogP contribution in [0.2, 0.25) is 5.02 Å². The van der Waals surface area contributed by atoms with Crippen molar-refractivity contribution >= 4 is 17.6 Å². The minimum atomic E-state index is -0.845. The maximum atomic E-state index is 10.8. The van der Waals surface area contributed by atoms with E-state index in [1.807, 2.05) is 13.8 Å². The van der Waals surface area contributed by atoms with E-state index in [2.05, 4.69) is 0 Å². The second kappa shape index (κ2) is 5.21. The van der Waals surface area contributed by atoms with E-state index in [0.717, 1.165) is 5.56 Å². The largest absolute Gasteiger partial charge is 0.508 e. The monoisotopic (exact) mass is 242 g/mol. The Bertz CT molecular complexity index is 388. The molecule has 0 bridgehead atoms. The Hall–Kier alpha value is -1.22. The SMILES string of the molecule is CC(C)C(CC(=O)O)c1ccc(O)cc1Cl. The smallest absolute Gasteiger partial charge is 0.303 e. The molecule has 0 radical (unpaired) electrons. The number of rotatable bonds is 4. The van der Waals surface area contributed by atoms with Crippen LogP contribution in [0.3, 0.4) is 0 Å². The predicted octanol–water partition coefficient (Wildman–Crippen LogP) is 3.26. The van der Waals surface area contributed by atoms with Crippen LogP contribution in [0, 0.1) is 5.92 Å². The Labute approximate surface area is 99.7 Å². The lowest BCUT2D eigenvalue weighted by Crippen LogP contribution is -2.12. The highest BCUT2D eigenvalue weighted by atomic mass is 35.5. The number of phenolic OH excluding ortho intramolecular Hbond substituents is 1. The van der Waals surface area contributed by atoms with Crippen LogP contribution in [0.5, 0.6) is 5.75 Å². The molecule has 0 aliphatic carbocycles. The van der Waals surface area contributed by atoms with Crippen molar-refractivity contribution in [2.24, 2.45) is 5.92 Å². The molecule has 2 N–H and O–H groups in total. The summed E-state index contributed by atoms with van der Waals surface area (Å²) in [5.74, 6) is -0.710. The van der Waals surface area contributed by atoms with E-state index in [4.69, 9.17) is 16.7 Å². The first-order chi connectivity index (χ1) is 7.41. The number of hydrogen-bond donors (Lipinski definition) is 2. The number of hydrogen-bond acceptors (Lipinski definition) is 2. The van der Waals surface area contributed by atoms with Crippen molar-refractivity contribution < 1.29 is 15.0 Å². The van der Waals surface area contributed by atoms with Gasteiger partial charge in [-0.3, -0.25) is 4.79 Å². The van der Waals surface area contributed by atoms with Gasteiger partial charge in [0.1, 0.15) is 5.75 Å². The normalized spacial score (nSPS) is 12.8. The van der Waals surface area contributed by atoms with Gasteiger partial charge in [-0.2, -0.15) is 0 Å². The molecule has 3 nitrogen and oxygen atoms in total. The lowest BCUT2D eigenvalue weighted by molar-refractivity contribution is -0.137. The third kappa shape index (κ3) is 3.14. The Morgan fingerprint density at radius 3 is 2.50 bits per heavy atom. The number of aromatic hydroxyl groups is 1. The van der Waals surface area contributed by atoms with Crippen LogP contribution in [0.4, 0.5) is 0 Å². The summed E-state index contributed by atoms with van der Waals surface area (Å²) in [5.41, 5.74) is 0.775. The van der Waals surface area contributed by atoms with Crippen LogP contribution in [-0.4, -0.2) is 16.2 Å². The van der Waals surface area contributed by atoms with Gasteiger partial charge in [-0.15, -0.1) is 0 Å². The third-order valence-corrected chi connectivity index (χ3v) is 2.91. The molecule has 1 unspecified atom stereocenters. The molecule has 0 fully saturated rings. The summed E-state index contributed by atoms with van der Waals surface area (Å²) in [6.45, 7) is 3.91. The van der Waals surface area contributed by atoms with E-state index < -0.39 is 5.97 Å². The molecule has 4 heteroatoms. The fourth-order valence-electron chi connectivity index (χ4n) is 1.71. The first-order valence-electron chi connectivity index (χ1n) is 5.12. The molecular formula is C12H15ClO3.